The molecular formula is C83H120Cl2F2O6. The largest absolute Gasteiger partial charge is 0.490 e. The molecule has 0 aliphatic heterocycles. The minimum Gasteiger partial charge on any atom is -0.490 e. The fraction of sp³-hybridized carbons (Fsp3) is 0.566. The lowest BCUT2D eigenvalue weighted by Crippen LogP contribution is -2.36. The molecule has 6 fully saturated rings. The summed E-state index contributed by atoms with van der Waals surface area (Å²) in [6.45, 7) is 35.2. The Morgan fingerprint density at radius 3 is 0.667 bits per heavy atom. The van der Waals surface area contributed by atoms with E-state index in [9.17, 15) is 8.78 Å². The zero-order valence-corrected chi connectivity index (χ0v) is 60.4. The molecule has 6 aliphatic carbocycles. The Morgan fingerprint density at radius 2 is 0.452 bits per heavy atom. The molecule has 6 saturated carbocycles. The van der Waals surface area contributed by atoms with E-state index in [1.165, 1.54) is 63.5 Å². The van der Waals surface area contributed by atoms with Crippen LogP contribution in [0, 0.1) is 82.6 Å². The van der Waals surface area contributed by atoms with E-state index < -0.39 is 0 Å². The van der Waals surface area contributed by atoms with Crippen LogP contribution in [0.15, 0.2) is 158 Å². The van der Waals surface area contributed by atoms with Crippen LogP contribution >= 0.6 is 23.2 Å². The third kappa shape index (κ3) is 27.3. The Hall–Kier alpha value is -5.44. The maximum absolute atomic E-state index is 13.2. The Labute approximate surface area is 573 Å². The van der Waals surface area contributed by atoms with Gasteiger partial charge in [0.1, 0.15) is 23.0 Å². The lowest BCUT2D eigenvalue weighted by Gasteiger charge is -2.38. The standard InChI is InChI=1S/2C13H17ClO.2C13H17FO.2C13H18O.2C2H6.CH4/c4*1-9(2)10-7-11(8-10)15-13-6-4-3-5-12(13)14;2*1-10(2)11-8-13(9-11)14-12-6-4-3-5-7-12;2*1-2;/h4*3-6,9-11H,7-8H2,1-2H3;2*3-7,10-11,13H,8-9H2,1-2H3;2*1-2H3;1H4. The number of ether oxygens (including phenoxy) is 6. The summed E-state index contributed by atoms with van der Waals surface area (Å²) < 4.78 is 61.0. The molecule has 0 bridgehead atoms. The number of hydrogen-bond donors (Lipinski definition) is 0. The molecule has 6 nitrogen and oxygen atoms in total. The van der Waals surface area contributed by atoms with Gasteiger partial charge >= 0.3 is 0 Å². The molecule has 516 valence electrons. The highest BCUT2D eigenvalue weighted by atomic mass is 35.5. The van der Waals surface area contributed by atoms with Crippen molar-refractivity contribution in [3.05, 3.63) is 179 Å². The van der Waals surface area contributed by atoms with Crippen molar-refractivity contribution in [2.45, 2.75) is 232 Å². The average Bonchev–Trinajstić information content (AvgIpc) is 0.974. The van der Waals surface area contributed by atoms with Crippen molar-refractivity contribution >= 4 is 23.2 Å². The molecule has 12 rings (SSSR count). The predicted octanol–water partition coefficient (Wildman–Crippen LogP) is 25.3. The first-order chi connectivity index (χ1) is 44.2. The van der Waals surface area contributed by atoms with E-state index in [4.69, 9.17) is 51.6 Å². The van der Waals surface area contributed by atoms with Crippen molar-refractivity contribution in [2.24, 2.45) is 71.0 Å². The van der Waals surface area contributed by atoms with Gasteiger partial charge in [0.15, 0.2) is 23.1 Å². The topological polar surface area (TPSA) is 55.4 Å². The summed E-state index contributed by atoms with van der Waals surface area (Å²) in [5.41, 5.74) is 0. The van der Waals surface area contributed by atoms with Gasteiger partial charge in [-0.25, -0.2) is 8.78 Å². The molecule has 6 aromatic rings. The van der Waals surface area contributed by atoms with Crippen LogP contribution in [0.25, 0.3) is 0 Å². The molecule has 0 unspecified atom stereocenters. The highest BCUT2D eigenvalue weighted by Gasteiger charge is 2.37. The van der Waals surface area contributed by atoms with E-state index in [2.05, 4.69) is 83.1 Å². The van der Waals surface area contributed by atoms with Gasteiger partial charge in [-0.2, -0.15) is 0 Å². The number of rotatable bonds is 18. The second-order valence-corrected chi connectivity index (χ2v) is 28.5. The van der Waals surface area contributed by atoms with Crippen LogP contribution in [0.5, 0.6) is 34.5 Å². The number of para-hydroxylation sites is 6. The highest BCUT2D eigenvalue weighted by molar-refractivity contribution is 6.32. The van der Waals surface area contributed by atoms with Gasteiger partial charge in [0.05, 0.1) is 46.7 Å². The molecule has 0 N–H and O–H groups in total. The quantitative estimate of drug-likeness (QED) is 0.0855. The summed E-state index contributed by atoms with van der Waals surface area (Å²) >= 11 is 12.0. The summed E-state index contributed by atoms with van der Waals surface area (Å²) in [7, 11) is 0. The first kappa shape index (κ1) is 80.0. The van der Waals surface area contributed by atoms with Crippen molar-refractivity contribution in [3.8, 4) is 34.5 Å². The Kier molecular flexibility index (Phi) is 36.3. The second kappa shape index (κ2) is 42.2. The number of halogens is 4. The van der Waals surface area contributed by atoms with E-state index in [1.54, 1.807) is 36.4 Å². The minimum atomic E-state index is -0.259. The molecule has 10 heteroatoms. The van der Waals surface area contributed by atoms with Gasteiger partial charge in [-0.1, -0.05) is 226 Å². The fourth-order valence-corrected chi connectivity index (χ4v) is 12.1. The Bertz CT molecular complexity index is 2550. The molecule has 6 aromatic carbocycles. The summed E-state index contributed by atoms with van der Waals surface area (Å²) in [5, 5.41) is 1.43. The normalized spacial score (nSPS) is 24.1. The van der Waals surface area contributed by atoms with Crippen LogP contribution in [0.4, 0.5) is 8.78 Å². The van der Waals surface area contributed by atoms with Gasteiger partial charge in [0.2, 0.25) is 0 Å². The lowest BCUT2D eigenvalue weighted by atomic mass is 9.75. The van der Waals surface area contributed by atoms with Gasteiger partial charge in [0, 0.05) is 0 Å². The molecule has 0 saturated heterocycles. The van der Waals surface area contributed by atoms with Crippen LogP contribution in [-0.4, -0.2) is 36.6 Å². The maximum Gasteiger partial charge on any atom is 0.165 e. The summed E-state index contributed by atoms with van der Waals surface area (Å²) in [6, 6.07) is 48.8. The van der Waals surface area contributed by atoms with Gasteiger partial charge in [-0.15, -0.1) is 0 Å². The minimum absolute atomic E-state index is 0. The van der Waals surface area contributed by atoms with E-state index in [0.717, 1.165) is 108 Å². The third-order valence-corrected chi connectivity index (χ3v) is 19.7. The molecule has 6 aliphatic rings. The monoisotopic (exact) mass is 1320 g/mol. The van der Waals surface area contributed by atoms with Gasteiger partial charge < -0.3 is 28.4 Å². The van der Waals surface area contributed by atoms with Crippen molar-refractivity contribution in [3.63, 3.8) is 0 Å². The average molecular weight is 1320 g/mol. The van der Waals surface area contributed by atoms with Crippen molar-refractivity contribution in [1.82, 2.24) is 0 Å². The van der Waals surface area contributed by atoms with Crippen LogP contribution in [0.3, 0.4) is 0 Å². The van der Waals surface area contributed by atoms with E-state index in [0.29, 0.717) is 57.8 Å². The van der Waals surface area contributed by atoms with Crippen molar-refractivity contribution in [1.29, 1.82) is 0 Å². The second-order valence-electron chi connectivity index (χ2n) is 27.6. The van der Waals surface area contributed by atoms with Crippen LogP contribution in [0.2, 0.25) is 10.0 Å². The molecule has 0 aromatic heterocycles. The predicted molar refractivity (Wildman–Crippen MR) is 390 cm³/mol. The maximum atomic E-state index is 13.2. The van der Waals surface area contributed by atoms with Gasteiger partial charge in [-0.3, -0.25) is 0 Å². The first-order valence-corrected chi connectivity index (χ1v) is 36.0. The van der Waals surface area contributed by atoms with Crippen LogP contribution < -0.4 is 28.4 Å². The van der Waals surface area contributed by atoms with Gasteiger partial charge in [0.25, 0.3) is 0 Å². The molecular weight excluding hydrogens is 1200 g/mol. The lowest BCUT2D eigenvalue weighted by molar-refractivity contribution is 0.0387. The number of benzene rings is 6. The fourth-order valence-electron chi connectivity index (χ4n) is 11.7. The molecule has 0 radical (unpaired) electrons. The van der Waals surface area contributed by atoms with Crippen molar-refractivity contribution < 1.29 is 37.2 Å². The summed E-state index contributed by atoms with van der Waals surface area (Å²) in [5.74, 6) is 13.5. The molecule has 93 heavy (non-hydrogen) atoms. The summed E-state index contributed by atoms with van der Waals surface area (Å²) in [4.78, 5) is 0. The molecule has 0 amide bonds. The zero-order chi connectivity index (χ0) is 67.3. The molecule has 0 atom stereocenters. The first-order valence-electron chi connectivity index (χ1n) is 35.3. The molecule has 0 heterocycles. The Morgan fingerprint density at radius 1 is 0.269 bits per heavy atom. The zero-order valence-electron chi connectivity index (χ0n) is 58.9. The summed E-state index contributed by atoms with van der Waals surface area (Å²) in [6.07, 6.45) is 15.9. The van der Waals surface area contributed by atoms with Crippen LogP contribution in [-0.2, 0) is 0 Å². The smallest absolute Gasteiger partial charge is 0.165 e. The van der Waals surface area contributed by atoms with E-state index in [-0.39, 0.29) is 31.3 Å². The van der Waals surface area contributed by atoms with Crippen LogP contribution in [0.1, 0.15) is 195 Å². The van der Waals surface area contributed by atoms with E-state index >= 15 is 0 Å². The van der Waals surface area contributed by atoms with E-state index in [1.807, 2.05) is 137 Å². The van der Waals surface area contributed by atoms with Crippen molar-refractivity contribution in [2.75, 3.05) is 0 Å². The third-order valence-electron chi connectivity index (χ3n) is 19.1. The highest BCUT2D eigenvalue weighted by Crippen LogP contribution is 2.42. The molecule has 0 spiro atoms. The Balaban J connectivity index is 0.000000235. The SMILES string of the molecule is C.CC.CC.CC(C)C1CC(Oc2ccccc2)C1.CC(C)C1CC(Oc2ccccc2)C1.CC(C)C1CC(Oc2ccccc2Cl)C1.CC(C)C1CC(Oc2ccccc2Cl)C1.CC(C)C1CC(Oc2ccccc2F)C1.CC(C)C1CC(Oc2ccccc2F)C1. The van der Waals surface area contributed by atoms with Gasteiger partial charge in [-0.05, 0) is 221 Å². The number of hydrogen-bond acceptors (Lipinski definition) is 6.